The van der Waals surface area contributed by atoms with Crippen molar-refractivity contribution in [3.8, 4) is 0 Å². The summed E-state index contributed by atoms with van der Waals surface area (Å²) in [5.41, 5.74) is 0. The number of esters is 1. The van der Waals surface area contributed by atoms with E-state index in [0.29, 0.717) is 17.4 Å². The van der Waals surface area contributed by atoms with Crippen molar-refractivity contribution >= 4 is 19.7 Å². The molecule has 0 aliphatic heterocycles. The number of phosphoric ester groups is 1. The highest BCUT2D eigenvalue weighted by Gasteiger charge is 2.27. The van der Waals surface area contributed by atoms with Gasteiger partial charge >= 0.3 is 5.97 Å². The van der Waals surface area contributed by atoms with Gasteiger partial charge in [-0.05, 0) is 89.5 Å². The smallest absolute Gasteiger partial charge is 0.306 e. The van der Waals surface area contributed by atoms with Gasteiger partial charge in [-0.15, -0.1) is 0 Å². The molecule has 1 amide bonds. The number of nitrogens with one attached hydrogen (secondary N) is 1. The molecule has 0 saturated carbocycles. The first-order valence-corrected chi connectivity index (χ1v) is 40.4. The molecular weight excluding hydrogens is 1120 g/mol. The van der Waals surface area contributed by atoms with Crippen molar-refractivity contribution in [3.05, 3.63) is 48.6 Å². The number of unbranched alkanes of at least 4 members (excludes halogenated alkanes) is 50. The highest BCUT2D eigenvalue weighted by atomic mass is 31.2. The van der Waals surface area contributed by atoms with Gasteiger partial charge in [0.05, 0.1) is 33.8 Å². The van der Waals surface area contributed by atoms with E-state index in [1.54, 1.807) is 0 Å². The van der Waals surface area contributed by atoms with Crippen LogP contribution >= 0.6 is 7.82 Å². The van der Waals surface area contributed by atoms with Crippen LogP contribution in [0.15, 0.2) is 48.6 Å². The van der Waals surface area contributed by atoms with E-state index in [4.69, 9.17) is 13.8 Å². The van der Waals surface area contributed by atoms with Crippen molar-refractivity contribution in [2.45, 2.75) is 405 Å². The minimum atomic E-state index is -4.70. The van der Waals surface area contributed by atoms with E-state index in [-0.39, 0.29) is 31.5 Å². The molecule has 0 aromatic heterocycles. The fourth-order valence-corrected chi connectivity index (χ4v) is 12.5. The first kappa shape index (κ1) is 87.0. The molecule has 89 heavy (non-hydrogen) atoms. The van der Waals surface area contributed by atoms with Crippen molar-refractivity contribution in [3.63, 3.8) is 0 Å². The van der Waals surface area contributed by atoms with Gasteiger partial charge in [-0.3, -0.25) is 14.2 Å². The Balaban J connectivity index is 4.87. The van der Waals surface area contributed by atoms with Gasteiger partial charge in [0, 0.05) is 12.8 Å². The zero-order chi connectivity index (χ0) is 64.9. The monoisotopic (exact) mass is 1270 g/mol. The Bertz CT molecular complexity index is 1660. The average molecular weight is 1270 g/mol. The van der Waals surface area contributed by atoms with Crippen LogP contribution in [0.2, 0.25) is 0 Å². The fourth-order valence-electron chi connectivity index (χ4n) is 11.7. The summed E-state index contributed by atoms with van der Waals surface area (Å²) in [5, 5.41) is 3.06. The van der Waals surface area contributed by atoms with Gasteiger partial charge in [0.1, 0.15) is 19.3 Å². The topological polar surface area (TPSA) is 114 Å². The lowest BCUT2D eigenvalue weighted by Gasteiger charge is -2.30. The third-order valence-electron chi connectivity index (χ3n) is 17.7. The third-order valence-corrected chi connectivity index (χ3v) is 18.7. The highest BCUT2D eigenvalue weighted by Crippen LogP contribution is 2.38. The Kier molecular flexibility index (Phi) is 67.2. The number of quaternary nitrogens is 1. The highest BCUT2D eigenvalue weighted by molar-refractivity contribution is 7.45. The first-order chi connectivity index (χ1) is 43.4. The number of phosphoric acid groups is 1. The molecule has 10 heteroatoms. The standard InChI is InChI=1S/C79H151N2O7P/c1-7-10-13-16-19-22-25-27-29-31-33-35-37-39-40-42-43-45-47-49-51-53-56-59-62-65-68-71-78(82)80-76(75-87-89(84,85)86-74-73-81(4,5)6)77(70-67-64-61-58-55-24-21-18-15-12-9-3)88-79(83)72-69-66-63-60-57-54-52-50-48-46-44-41-38-36-34-32-30-28-26-23-20-17-14-11-8-2/h20,23,27-30,67,70,76-77H,7-19,21-22,24-26,31-66,68-69,71-75H2,1-6H3,(H-,80,82,84,85)/b23-20-,29-27+,30-28-,70-67+. The number of hydrogen-bond acceptors (Lipinski definition) is 7. The molecular formula is C79H151N2O7P. The van der Waals surface area contributed by atoms with Crippen molar-refractivity contribution in [1.82, 2.24) is 5.32 Å². The van der Waals surface area contributed by atoms with E-state index >= 15 is 0 Å². The minimum Gasteiger partial charge on any atom is -0.756 e. The summed E-state index contributed by atoms with van der Waals surface area (Å²) in [4.78, 5) is 40.3. The van der Waals surface area contributed by atoms with E-state index in [0.717, 1.165) is 64.2 Å². The average Bonchev–Trinajstić information content (AvgIpc) is 3.64. The predicted octanol–water partition coefficient (Wildman–Crippen LogP) is 24.5. The molecule has 0 heterocycles. The number of nitrogens with zero attached hydrogens (tertiary/aromatic N) is 1. The number of carbonyl (C=O) groups is 2. The molecule has 0 aliphatic carbocycles. The number of allylic oxidation sites excluding steroid dienone is 7. The molecule has 0 fully saturated rings. The third kappa shape index (κ3) is 70.1. The zero-order valence-corrected chi connectivity index (χ0v) is 61.1. The molecule has 9 nitrogen and oxygen atoms in total. The molecule has 1 N–H and O–H groups in total. The Morgan fingerprint density at radius 3 is 1.04 bits per heavy atom. The molecule has 3 atom stereocenters. The lowest BCUT2D eigenvalue weighted by molar-refractivity contribution is -0.870. The number of ether oxygens (including phenoxy) is 1. The number of likely N-dealkylation sites (N-methyl/N-ethyl adjacent to an activating group) is 1. The molecule has 0 rings (SSSR count). The summed E-state index contributed by atoms with van der Waals surface area (Å²) < 4.78 is 30.5. The predicted molar refractivity (Wildman–Crippen MR) is 386 cm³/mol. The Labute approximate surface area is 554 Å². The van der Waals surface area contributed by atoms with Crippen molar-refractivity contribution in [2.24, 2.45) is 0 Å². The second-order valence-electron chi connectivity index (χ2n) is 27.9. The zero-order valence-electron chi connectivity index (χ0n) is 60.2. The number of rotatable bonds is 72. The Morgan fingerprint density at radius 1 is 0.393 bits per heavy atom. The second-order valence-corrected chi connectivity index (χ2v) is 29.3. The summed E-state index contributed by atoms with van der Waals surface area (Å²) in [6.45, 7) is 6.88. The maximum absolute atomic E-state index is 13.6. The molecule has 0 spiro atoms. The molecule has 0 bridgehead atoms. The first-order valence-electron chi connectivity index (χ1n) is 38.9. The van der Waals surface area contributed by atoms with Crippen LogP contribution in [0, 0.1) is 0 Å². The van der Waals surface area contributed by atoms with Crippen molar-refractivity contribution < 1.29 is 37.3 Å². The molecule has 0 aliphatic rings. The maximum atomic E-state index is 13.6. The van der Waals surface area contributed by atoms with Crippen molar-refractivity contribution in [2.75, 3.05) is 40.9 Å². The normalized spacial score (nSPS) is 13.7. The number of hydrogen-bond donors (Lipinski definition) is 1. The van der Waals surface area contributed by atoms with Crippen molar-refractivity contribution in [1.29, 1.82) is 0 Å². The minimum absolute atomic E-state index is 0.0199. The Morgan fingerprint density at radius 2 is 0.685 bits per heavy atom. The molecule has 0 radical (unpaired) electrons. The van der Waals surface area contributed by atoms with Gasteiger partial charge in [-0.1, -0.05) is 339 Å². The second kappa shape index (κ2) is 68.8. The molecule has 0 saturated heterocycles. The van der Waals surface area contributed by atoms with E-state index in [1.807, 2.05) is 33.3 Å². The van der Waals surface area contributed by atoms with Crippen LogP contribution < -0.4 is 10.2 Å². The largest absolute Gasteiger partial charge is 0.756 e. The van der Waals surface area contributed by atoms with Gasteiger partial charge in [-0.25, -0.2) is 0 Å². The van der Waals surface area contributed by atoms with Crippen LogP contribution in [-0.2, 0) is 27.9 Å². The van der Waals surface area contributed by atoms with Crippen LogP contribution in [0.3, 0.4) is 0 Å². The molecule has 0 aromatic carbocycles. The van der Waals surface area contributed by atoms with Crippen LogP contribution in [0.5, 0.6) is 0 Å². The van der Waals surface area contributed by atoms with E-state index in [9.17, 15) is 19.0 Å². The van der Waals surface area contributed by atoms with Crippen LogP contribution in [0.25, 0.3) is 0 Å². The lowest BCUT2D eigenvalue weighted by atomic mass is 10.0. The van der Waals surface area contributed by atoms with Gasteiger partial charge < -0.3 is 28.5 Å². The van der Waals surface area contributed by atoms with Gasteiger partial charge in [0.2, 0.25) is 5.91 Å². The van der Waals surface area contributed by atoms with Gasteiger partial charge in [-0.2, -0.15) is 0 Å². The SMILES string of the molecule is CCCCC/C=C\C/C=C\CCCCCCCCCCCCCCCCCC(=O)OC(/C=C/CCCCCCCCCCC)C(COP(=O)([O-])OCC[N+](C)(C)C)NC(=O)CCCCCCCCCCCCCCCCCCC/C=C/CCCCCCCC. The van der Waals surface area contributed by atoms with Crippen LogP contribution in [0.4, 0.5) is 0 Å². The van der Waals surface area contributed by atoms with E-state index < -0.39 is 20.0 Å². The van der Waals surface area contributed by atoms with Gasteiger partial charge in [0.15, 0.2) is 0 Å². The molecule has 0 aromatic rings. The van der Waals surface area contributed by atoms with E-state index in [1.165, 1.54) is 295 Å². The van der Waals surface area contributed by atoms with E-state index in [2.05, 4.69) is 62.5 Å². The summed E-state index contributed by atoms with van der Waals surface area (Å²) in [7, 11) is 1.20. The summed E-state index contributed by atoms with van der Waals surface area (Å²) in [6, 6.07) is -0.887. The number of amides is 1. The quantitative estimate of drug-likeness (QED) is 0.0212. The summed E-state index contributed by atoms with van der Waals surface area (Å²) in [6.07, 6.45) is 88.3. The van der Waals surface area contributed by atoms with Crippen LogP contribution in [-0.4, -0.2) is 69.4 Å². The fraction of sp³-hybridized carbons (Fsp3) is 0.873. The summed E-state index contributed by atoms with van der Waals surface area (Å²) >= 11 is 0. The molecule has 3 unspecified atom stereocenters. The maximum Gasteiger partial charge on any atom is 0.306 e. The summed E-state index contributed by atoms with van der Waals surface area (Å²) in [5.74, 6) is -0.521. The molecule has 524 valence electrons. The van der Waals surface area contributed by atoms with Crippen LogP contribution in [0.1, 0.15) is 393 Å². The Hall–Kier alpha value is -2.03. The van der Waals surface area contributed by atoms with Gasteiger partial charge in [0.25, 0.3) is 7.82 Å². The number of carbonyl (C=O) groups excluding carboxylic acids is 2. The lowest BCUT2D eigenvalue weighted by Crippen LogP contribution is -2.47.